The maximum atomic E-state index is 9.09. The van der Waals surface area contributed by atoms with E-state index < -0.39 is 0 Å². The zero-order valence-corrected chi connectivity index (χ0v) is 11.8. The number of aromatic nitrogens is 2. The molecule has 0 radical (unpaired) electrons. The molecule has 0 saturated heterocycles. The Bertz CT molecular complexity index is 561. The molecular formula is C15H21N3O. The zero-order chi connectivity index (χ0) is 13.8. The summed E-state index contributed by atoms with van der Waals surface area (Å²) in [6.45, 7) is 7.53. The highest BCUT2D eigenvalue weighted by molar-refractivity contribution is 5.47. The van der Waals surface area contributed by atoms with Crippen LogP contribution < -0.4 is 5.32 Å². The van der Waals surface area contributed by atoms with Crippen molar-refractivity contribution in [1.82, 2.24) is 9.78 Å². The molecule has 102 valence electrons. The normalized spacial score (nSPS) is 10.7. The van der Waals surface area contributed by atoms with Gasteiger partial charge in [-0.1, -0.05) is 24.3 Å². The van der Waals surface area contributed by atoms with Crippen LogP contribution in [0, 0.1) is 20.8 Å². The molecule has 0 saturated carbocycles. The van der Waals surface area contributed by atoms with Gasteiger partial charge in [-0.2, -0.15) is 5.10 Å². The molecule has 2 rings (SSSR count). The number of aliphatic hydroxyl groups is 1. The zero-order valence-electron chi connectivity index (χ0n) is 11.8. The van der Waals surface area contributed by atoms with Gasteiger partial charge in [0.05, 0.1) is 18.8 Å². The van der Waals surface area contributed by atoms with Gasteiger partial charge in [-0.25, -0.2) is 4.68 Å². The van der Waals surface area contributed by atoms with Gasteiger partial charge in [0.25, 0.3) is 0 Å². The summed E-state index contributed by atoms with van der Waals surface area (Å²) in [5, 5.41) is 16.9. The molecule has 4 nitrogen and oxygen atoms in total. The van der Waals surface area contributed by atoms with Crippen LogP contribution in [0.2, 0.25) is 0 Å². The molecule has 1 heterocycles. The summed E-state index contributed by atoms with van der Waals surface area (Å²) in [6, 6.07) is 8.33. The van der Waals surface area contributed by atoms with Crippen LogP contribution in [-0.4, -0.2) is 21.5 Å². The second-order valence-electron chi connectivity index (χ2n) is 4.79. The minimum Gasteiger partial charge on any atom is -0.394 e. The van der Waals surface area contributed by atoms with Crippen molar-refractivity contribution < 1.29 is 5.11 Å². The van der Waals surface area contributed by atoms with Crippen LogP contribution in [-0.2, 0) is 13.1 Å². The molecule has 0 unspecified atom stereocenters. The van der Waals surface area contributed by atoms with Crippen LogP contribution in [0.25, 0.3) is 0 Å². The lowest BCUT2D eigenvalue weighted by Crippen LogP contribution is -2.11. The van der Waals surface area contributed by atoms with Crippen molar-refractivity contribution in [2.75, 3.05) is 11.9 Å². The van der Waals surface area contributed by atoms with Crippen molar-refractivity contribution in [3.63, 3.8) is 0 Å². The molecule has 0 bridgehead atoms. The molecule has 19 heavy (non-hydrogen) atoms. The van der Waals surface area contributed by atoms with Crippen LogP contribution in [0.4, 0.5) is 5.82 Å². The number of anilines is 1. The summed E-state index contributed by atoms with van der Waals surface area (Å²) in [7, 11) is 0. The Morgan fingerprint density at radius 1 is 1.21 bits per heavy atom. The third-order valence-corrected chi connectivity index (χ3v) is 3.45. The maximum absolute atomic E-state index is 9.09. The summed E-state index contributed by atoms with van der Waals surface area (Å²) in [5.41, 5.74) is 4.69. The van der Waals surface area contributed by atoms with Gasteiger partial charge < -0.3 is 10.4 Å². The minimum atomic E-state index is 0.0968. The quantitative estimate of drug-likeness (QED) is 0.867. The fraction of sp³-hybridized carbons (Fsp3) is 0.400. The molecule has 0 aliphatic rings. The Labute approximate surface area is 114 Å². The van der Waals surface area contributed by atoms with E-state index >= 15 is 0 Å². The lowest BCUT2D eigenvalue weighted by Gasteiger charge is -2.11. The first kappa shape index (κ1) is 13.6. The predicted octanol–water partition coefficient (Wildman–Crippen LogP) is 2.41. The monoisotopic (exact) mass is 259 g/mol. The summed E-state index contributed by atoms with van der Waals surface area (Å²) in [4.78, 5) is 0. The highest BCUT2D eigenvalue weighted by atomic mass is 16.3. The highest BCUT2D eigenvalue weighted by Gasteiger charge is 2.11. The number of nitrogens with one attached hydrogen (secondary N) is 1. The van der Waals surface area contributed by atoms with E-state index in [0.29, 0.717) is 6.54 Å². The third-order valence-electron chi connectivity index (χ3n) is 3.45. The van der Waals surface area contributed by atoms with E-state index in [1.54, 1.807) is 0 Å². The van der Waals surface area contributed by atoms with Gasteiger partial charge in [-0.15, -0.1) is 0 Å². The van der Waals surface area contributed by atoms with Gasteiger partial charge in [0.15, 0.2) is 0 Å². The van der Waals surface area contributed by atoms with Crippen molar-refractivity contribution in [1.29, 1.82) is 0 Å². The topological polar surface area (TPSA) is 50.1 Å². The smallest absolute Gasteiger partial charge is 0.127 e. The molecule has 2 aromatic rings. The Kier molecular flexibility index (Phi) is 4.22. The fourth-order valence-electron chi connectivity index (χ4n) is 2.14. The van der Waals surface area contributed by atoms with Crippen LogP contribution >= 0.6 is 0 Å². The van der Waals surface area contributed by atoms with Crippen LogP contribution in [0.1, 0.15) is 22.4 Å². The average Bonchev–Trinajstić information content (AvgIpc) is 2.65. The van der Waals surface area contributed by atoms with Crippen molar-refractivity contribution in [3.05, 3.63) is 46.6 Å². The molecule has 2 N–H and O–H groups in total. The van der Waals surface area contributed by atoms with E-state index in [1.165, 1.54) is 11.1 Å². The Hall–Kier alpha value is -1.81. The molecule has 0 amide bonds. The van der Waals surface area contributed by atoms with Gasteiger partial charge >= 0.3 is 0 Å². The van der Waals surface area contributed by atoms with Crippen molar-refractivity contribution in [2.24, 2.45) is 0 Å². The number of benzene rings is 1. The third kappa shape index (κ3) is 2.96. The Morgan fingerprint density at radius 3 is 2.63 bits per heavy atom. The highest BCUT2D eigenvalue weighted by Crippen LogP contribution is 2.19. The number of hydrogen-bond acceptors (Lipinski definition) is 3. The van der Waals surface area contributed by atoms with Crippen LogP contribution in [0.5, 0.6) is 0 Å². The van der Waals surface area contributed by atoms with Crippen molar-refractivity contribution in [2.45, 2.75) is 33.9 Å². The first-order valence-corrected chi connectivity index (χ1v) is 6.56. The number of rotatable bonds is 5. The average molecular weight is 259 g/mol. The largest absolute Gasteiger partial charge is 0.394 e. The lowest BCUT2D eigenvalue weighted by molar-refractivity contribution is 0.270. The first-order valence-electron chi connectivity index (χ1n) is 6.56. The minimum absolute atomic E-state index is 0.0968. The van der Waals surface area contributed by atoms with Gasteiger partial charge in [-0.3, -0.25) is 0 Å². The fourth-order valence-corrected chi connectivity index (χ4v) is 2.14. The Balaban J connectivity index is 2.17. The molecule has 4 heteroatoms. The van der Waals surface area contributed by atoms with Gasteiger partial charge in [0.2, 0.25) is 0 Å². The Morgan fingerprint density at radius 2 is 1.95 bits per heavy atom. The maximum Gasteiger partial charge on any atom is 0.127 e. The van der Waals surface area contributed by atoms with E-state index in [-0.39, 0.29) is 6.61 Å². The molecule has 0 spiro atoms. The van der Waals surface area contributed by atoms with Crippen LogP contribution in [0.3, 0.4) is 0 Å². The molecule has 1 aromatic carbocycles. The predicted molar refractivity (Wildman–Crippen MR) is 77.3 cm³/mol. The summed E-state index contributed by atoms with van der Waals surface area (Å²) in [6.07, 6.45) is 0. The van der Waals surface area contributed by atoms with E-state index in [4.69, 9.17) is 5.11 Å². The second-order valence-corrected chi connectivity index (χ2v) is 4.79. The standard InChI is InChI=1S/C15H21N3O/c1-11-6-4-5-7-14(11)10-16-15-12(2)13(3)17-18(15)8-9-19/h4-7,16,19H,8-10H2,1-3H3. The van der Waals surface area contributed by atoms with Gasteiger partial charge in [0, 0.05) is 12.1 Å². The summed E-state index contributed by atoms with van der Waals surface area (Å²) < 4.78 is 1.84. The summed E-state index contributed by atoms with van der Waals surface area (Å²) in [5.74, 6) is 0.995. The second kappa shape index (κ2) is 5.89. The van der Waals surface area contributed by atoms with Crippen LogP contribution in [0.15, 0.2) is 24.3 Å². The molecular weight excluding hydrogens is 238 g/mol. The van der Waals surface area contributed by atoms with Gasteiger partial charge in [-0.05, 0) is 31.9 Å². The number of aliphatic hydroxyl groups excluding tert-OH is 1. The van der Waals surface area contributed by atoms with E-state index in [0.717, 1.165) is 23.6 Å². The molecule has 0 fully saturated rings. The SMILES string of the molecule is Cc1ccccc1CNc1c(C)c(C)nn1CCO. The number of aryl methyl sites for hydroxylation is 2. The molecule has 0 aliphatic carbocycles. The summed E-state index contributed by atoms with van der Waals surface area (Å²) >= 11 is 0. The van der Waals surface area contributed by atoms with Crippen molar-refractivity contribution in [3.8, 4) is 0 Å². The lowest BCUT2D eigenvalue weighted by atomic mass is 10.1. The molecule has 0 aliphatic heterocycles. The van der Waals surface area contributed by atoms with E-state index in [2.05, 4.69) is 36.4 Å². The number of nitrogens with zero attached hydrogens (tertiary/aromatic N) is 2. The van der Waals surface area contributed by atoms with E-state index in [1.807, 2.05) is 23.7 Å². The number of hydrogen-bond donors (Lipinski definition) is 2. The molecule has 1 aromatic heterocycles. The molecule has 0 atom stereocenters. The van der Waals surface area contributed by atoms with Crippen molar-refractivity contribution >= 4 is 5.82 Å². The first-order chi connectivity index (χ1) is 9.13. The van der Waals surface area contributed by atoms with Gasteiger partial charge in [0.1, 0.15) is 5.82 Å². The van der Waals surface area contributed by atoms with E-state index in [9.17, 15) is 0 Å².